The summed E-state index contributed by atoms with van der Waals surface area (Å²) in [7, 11) is 1.60. The number of hydrogen-bond acceptors (Lipinski definition) is 6. The monoisotopic (exact) mass is 473 g/mol. The fourth-order valence-corrected chi connectivity index (χ4v) is 4.14. The third-order valence-corrected chi connectivity index (χ3v) is 6.08. The van der Waals surface area contributed by atoms with Crippen molar-refractivity contribution in [2.24, 2.45) is 0 Å². The molecule has 8 nitrogen and oxygen atoms in total. The molecular weight excluding hydrogens is 442 g/mol. The average Bonchev–Trinajstić information content (AvgIpc) is 2.83. The van der Waals surface area contributed by atoms with E-state index in [1.807, 2.05) is 38.1 Å². The summed E-state index contributed by atoms with van der Waals surface area (Å²) in [5.74, 6) is 1.18. The molecule has 33 heavy (non-hydrogen) atoms. The summed E-state index contributed by atoms with van der Waals surface area (Å²) in [6.07, 6.45) is 1.32. The molecule has 0 aliphatic carbocycles. The number of nitro groups is 1. The van der Waals surface area contributed by atoms with Crippen LogP contribution in [0.2, 0.25) is 0 Å². The van der Waals surface area contributed by atoms with Gasteiger partial charge in [0.1, 0.15) is 11.8 Å². The number of benzene rings is 2. The molecule has 2 amide bonds. The maximum atomic E-state index is 13.2. The molecule has 0 aliphatic rings. The number of rotatable bonds is 13. The van der Waals surface area contributed by atoms with Crippen LogP contribution in [0.5, 0.6) is 5.75 Å². The lowest BCUT2D eigenvalue weighted by molar-refractivity contribution is -0.384. The zero-order valence-corrected chi connectivity index (χ0v) is 20.1. The van der Waals surface area contributed by atoms with E-state index in [4.69, 9.17) is 4.74 Å². The largest absolute Gasteiger partial charge is 0.497 e. The van der Waals surface area contributed by atoms with Crippen molar-refractivity contribution in [3.8, 4) is 5.75 Å². The van der Waals surface area contributed by atoms with Crippen LogP contribution < -0.4 is 10.1 Å². The van der Waals surface area contributed by atoms with E-state index >= 15 is 0 Å². The Balaban J connectivity index is 2.09. The third kappa shape index (κ3) is 8.09. The number of carbonyl (C=O) groups excluding carboxylic acids is 2. The first-order valence-electron chi connectivity index (χ1n) is 10.9. The molecule has 0 aromatic heterocycles. The number of non-ortho nitro benzene ring substituents is 1. The molecule has 2 aromatic rings. The molecule has 9 heteroatoms. The van der Waals surface area contributed by atoms with E-state index in [9.17, 15) is 19.7 Å². The smallest absolute Gasteiger partial charge is 0.269 e. The highest BCUT2D eigenvalue weighted by molar-refractivity contribution is 7.99. The number of hydrogen-bond donors (Lipinski definition) is 1. The number of carbonyl (C=O) groups is 2. The van der Waals surface area contributed by atoms with E-state index in [2.05, 4.69) is 5.32 Å². The van der Waals surface area contributed by atoms with E-state index in [0.29, 0.717) is 25.3 Å². The Hall–Kier alpha value is -3.07. The zero-order valence-electron chi connectivity index (χ0n) is 19.3. The van der Waals surface area contributed by atoms with Gasteiger partial charge in [-0.05, 0) is 36.1 Å². The van der Waals surface area contributed by atoms with Gasteiger partial charge in [-0.1, -0.05) is 38.1 Å². The van der Waals surface area contributed by atoms with Crippen LogP contribution in [0.3, 0.4) is 0 Å². The molecule has 0 saturated heterocycles. The lowest BCUT2D eigenvalue weighted by Crippen LogP contribution is -2.49. The summed E-state index contributed by atoms with van der Waals surface area (Å²) >= 11 is 1.42. The van der Waals surface area contributed by atoms with Crippen LogP contribution in [-0.4, -0.2) is 47.1 Å². The second-order valence-electron chi connectivity index (χ2n) is 7.50. The maximum Gasteiger partial charge on any atom is 0.269 e. The highest BCUT2D eigenvalue weighted by atomic mass is 32.2. The van der Waals surface area contributed by atoms with Crippen molar-refractivity contribution in [3.05, 3.63) is 69.8 Å². The third-order valence-electron chi connectivity index (χ3n) is 5.09. The highest BCUT2D eigenvalue weighted by Crippen LogP contribution is 2.20. The van der Waals surface area contributed by atoms with Crippen molar-refractivity contribution < 1.29 is 19.2 Å². The highest BCUT2D eigenvalue weighted by Gasteiger charge is 2.28. The van der Waals surface area contributed by atoms with Crippen LogP contribution >= 0.6 is 11.8 Å². The fourth-order valence-electron chi connectivity index (χ4n) is 3.27. The van der Waals surface area contributed by atoms with E-state index in [-0.39, 0.29) is 23.3 Å². The van der Waals surface area contributed by atoms with Gasteiger partial charge in [-0.3, -0.25) is 19.7 Å². The summed E-state index contributed by atoms with van der Waals surface area (Å²) < 4.78 is 5.20. The minimum Gasteiger partial charge on any atom is -0.497 e. The van der Waals surface area contributed by atoms with Crippen molar-refractivity contribution in [1.82, 2.24) is 10.2 Å². The van der Waals surface area contributed by atoms with Crippen molar-refractivity contribution in [2.45, 2.75) is 45.0 Å². The maximum absolute atomic E-state index is 13.2. The molecule has 2 rings (SSSR count). The second kappa shape index (κ2) is 13.5. The first-order chi connectivity index (χ1) is 15.9. The number of nitro benzene ring substituents is 1. The van der Waals surface area contributed by atoms with Crippen molar-refractivity contribution in [1.29, 1.82) is 0 Å². The molecule has 1 atom stereocenters. The van der Waals surface area contributed by atoms with E-state index < -0.39 is 11.0 Å². The number of ether oxygens (including phenoxy) is 1. The SMILES string of the molecule is CCCNC(=O)[C@@H](CC)N(Cc1ccc(OC)cc1)C(=O)CSCc1ccc([N+](=O)[O-])cc1. The Morgan fingerprint density at radius 3 is 2.27 bits per heavy atom. The molecule has 0 bridgehead atoms. The molecule has 0 heterocycles. The Labute approximate surface area is 198 Å². The van der Waals surface area contributed by atoms with Gasteiger partial charge in [-0.2, -0.15) is 0 Å². The summed E-state index contributed by atoms with van der Waals surface area (Å²) in [4.78, 5) is 38.0. The van der Waals surface area contributed by atoms with Gasteiger partial charge < -0.3 is 15.0 Å². The number of nitrogens with one attached hydrogen (secondary N) is 1. The van der Waals surface area contributed by atoms with Crippen LogP contribution in [0.15, 0.2) is 48.5 Å². The van der Waals surface area contributed by atoms with Gasteiger partial charge in [-0.25, -0.2) is 0 Å². The first-order valence-corrected chi connectivity index (χ1v) is 12.1. The van der Waals surface area contributed by atoms with Crippen molar-refractivity contribution >= 4 is 29.3 Å². The normalized spacial score (nSPS) is 11.5. The van der Waals surface area contributed by atoms with Gasteiger partial charge in [0, 0.05) is 31.0 Å². The van der Waals surface area contributed by atoms with Crippen LogP contribution in [0, 0.1) is 10.1 Å². The molecular formula is C24H31N3O5S. The van der Waals surface area contributed by atoms with E-state index in [0.717, 1.165) is 23.3 Å². The minimum absolute atomic E-state index is 0.0365. The topological polar surface area (TPSA) is 102 Å². The number of amides is 2. The summed E-state index contributed by atoms with van der Waals surface area (Å²) in [6, 6.07) is 13.2. The van der Waals surface area contributed by atoms with Crippen LogP contribution in [0.4, 0.5) is 5.69 Å². The van der Waals surface area contributed by atoms with Crippen molar-refractivity contribution in [2.75, 3.05) is 19.4 Å². The molecule has 1 N–H and O–H groups in total. The van der Waals surface area contributed by atoms with Crippen molar-refractivity contribution in [3.63, 3.8) is 0 Å². The van der Waals surface area contributed by atoms with Crippen LogP contribution in [-0.2, 0) is 21.9 Å². The predicted octanol–water partition coefficient (Wildman–Crippen LogP) is 4.17. The summed E-state index contributed by atoms with van der Waals surface area (Å²) in [5, 5.41) is 13.7. The predicted molar refractivity (Wildman–Crippen MR) is 130 cm³/mol. The Morgan fingerprint density at radius 1 is 1.09 bits per heavy atom. The van der Waals surface area contributed by atoms with Crippen LogP contribution in [0.1, 0.15) is 37.8 Å². The molecule has 178 valence electrons. The number of thioether (sulfide) groups is 1. The summed E-state index contributed by atoms with van der Waals surface area (Å²) in [6.45, 7) is 4.76. The van der Waals surface area contributed by atoms with Gasteiger partial charge in [0.2, 0.25) is 11.8 Å². The van der Waals surface area contributed by atoms with Gasteiger partial charge in [0.15, 0.2) is 0 Å². The number of nitrogens with zero attached hydrogens (tertiary/aromatic N) is 2. The summed E-state index contributed by atoms with van der Waals surface area (Å²) in [5.41, 5.74) is 1.84. The zero-order chi connectivity index (χ0) is 24.2. The van der Waals surface area contributed by atoms with Gasteiger partial charge >= 0.3 is 0 Å². The van der Waals surface area contributed by atoms with E-state index in [1.54, 1.807) is 24.1 Å². The molecule has 0 unspecified atom stereocenters. The minimum atomic E-state index is -0.564. The molecule has 0 fully saturated rings. The van der Waals surface area contributed by atoms with Crippen LogP contribution in [0.25, 0.3) is 0 Å². The molecule has 0 radical (unpaired) electrons. The standard InChI is InChI=1S/C24H31N3O5S/c1-4-14-25-24(29)22(5-2)26(15-18-8-12-21(32-3)13-9-18)23(28)17-33-16-19-6-10-20(11-7-19)27(30)31/h6-13,22H,4-5,14-17H2,1-3H3,(H,25,29)/t22-/m1/s1. The Morgan fingerprint density at radius 2 is 1.73 bits per heavy atom. The first kappa shape index (κ1) is 26.2. The number of methoxy groups -OCH3 is 1. The molecule has 0 saturated carbocycles. The van der Waals surface area contributed by atoms with Gasteiger partial charge in [0.25, 0.3) is 5.69 Å². The quantitative estimate of drug-likeness (QED) is 0.346. The fraction of sp³-hybridized carbons (Fsp3) is 0.417. The Bertz CT molecular complexity index is 919. The molecule has 2 aromatic carbocycles. The average molecular weight is 474 g/mol. The Kier molecular flexibility index (Phi) is 10.7. The molecule has 0 aliphatic heterocycles. The lowest BCUT2D eigenvalue weighted by Gasteiger charge is -2.30. The lowest BCUT2D eigenvalue weighted by atomic mass is 10.1. The molecule has 0 spiro atoms. The second-order valence-corrected chi connectivity index (χ2v) is 8.49. The van der Waals surface area contributed by atoms with Gasteiger partial charge in [-0.15, -0.1) is 11.8 Å². The van der Waals surface area contributed by atoms with Gasteiger partial charge in [0.05, 0.1) is 17.8 Å². The van der Waals surface area contributed by atoms with E-state index in [1.165, 1.54) is 23.9 Å².